The lowest BCUT2D eigenvalue weighted by Crippen LogP contribution is -2.42. The van der Waals surface area contributed by atoms with Gasteiger partial charge in [0.15, 0.2) is 0 Å². The van der Waals surface area contributed by atoms with Gasteiger partial charge in [-0.1, -0.05) is 34.6 Å². The molecule has 0 aliphatic heterocycles. The quantitative estimate of drug-likeness (QED) is 0.668. The van der Waals surface area contributed by atoms with Crippen molar-refractivity contribution in [1.82, 2.24) is 10.0 Å². The smallest absolute Gasteiger partial charge is 0.215 e. The summed E-state index contributed by atoms with van der Waals surface area (Å²) in [6.07, 6.45) is 1.02. The summed E-state index contributed by atoms with van der Waals surface area (Å²) in [7, 11) is -3.21. The molecular formula is C13H30N2O2S. The Morgan fingerprint density at radius 2 is 1.67 bits per heavy atom. The van der Waals surface area contributed by atoms with Crippen molar-refractivity contribution in [2.75, 3.05) is 19.6 Å². The minimum absolute atomic E-state index is 0.117. The Bertz CT molecular complexity index is 320. The van der Waals surface area contributed by atoms with E-state index in [1.54, 1.807) is 6.92 Å². The normalized spacial score (nSPS) is 16.6. The van der Waals surface area contributed by atoms with Crippen molar-refractivity contribution in [3.8, 4) is 0 Å². The van der Waals surface area contributed by atoms with Crippen molar-refractivity contribution >= 4 is 10.0 Å². The molecule has 0 bridgehead atoms. The second kappa shape index (κ2) is 7.46. The Hall–Kier alpha value is -0.130. The first kappa shape index (κ1) is 17.9. The molecule has 2 unspecified atom stereocenters. The van der Waals surface area contributed by atoms with E-state index >= 15 is 0 Å². The van der Waals surface area contributed by atoms with E-state index in [0.717, 1.165) is 13.0 Å². The molecule has 2 N–H and O–H groups in total. The Morgan fingerprint density at radius 1 is 1.11 bits per heavy atom. The van der Waals surface area contributed by atoms with Crippen LogP contribution < -0.4 is 10.0 Å². The van der Waals surface area contributed by atoms with E-state index in [1.165, 1.54) is 0 Å². The van der Waals surface area contributed by atoms with Crippen LogP contribution in [0.25, 0.3) is 0 Å². The monoisotopic (exact) mass is 278 g/mol. The lowest BCUT2D eigenvalue weighted by molar-refractivity contribution is 0.263. The van der Waals surface area contributed by atoms with Crippen LogP contribution in [-0.4, -0.2) is 33.3 Å². The maximum absolute atomic E-state index is 12.0. The van der Waals surface area contributed by atoms with Gasteiger partial charge in [0.2, 0.25) is 10.0 Å². The molecule has 4 nitrogen and oxygen atoms in total. The number of nitrogens with one attached hydrogen (secondary N) is 2. The number of sulfonamides is 1. The third-order valence-corrected chi connectivity index (χ3v) is 5.25. The molecule has 0 amide bonds. The van der Waals surface area contributed by atoms with E-state index in [9.17, 15) is 8.42 Å². The molecule has 0 saturated carbocycles. The fourth-order valence-electron chi connectivity index (χ4n) is 1.28. The number of rotatable bonds is 8. The summed E-state index contributed by atoms with van der Waals surface area (Å²) in [6, 6.07) is 0. The summed E-state index contributed by atoms with van der Waals surface area (Å²) in [4.78, 5) is 0. The number of hydrogen-bond donors (Lipinski definition) is 2. The summed E-state index contributed by atoms with van der Waals surface area (Å²) in [6.45, 7) is 14.1. The second-order valence-electron chi connectivity index (χ2n) is 6.18. The predicted molar refractivity (Wildman–Crippen MR) is 78.2 cm³/mol. The van der Waals surface area contributed by atoms with Crippen LogP contribution in [0.2, 0.25) is 0 Å². The minimum Gasteiger partial charge on any atom is -0.315 e. The van der Waals surface area contributed by atoms with E-state index in [4.69, 9.17) is 0 Å². The standard InChI is InChI=1S/C13H30N2O2S/c1-7-8-14-10-12(3)18(16,17)15-9-11(2)13(4,5)6/h11-12,14-15H,7-10H2,1-6H3. The van der Waals surface area contributed by atoms with Gasteiger partial charge in [-0.05, 0) is 31.2 Å². The fourth-order valence-corrected chi connectivity index (χ4v) is 2.39. The Morgan fingerprint density at radius 3 is 2.11 bits per heavy atom. The van der Waals surface area contributed by atoms with Crippen LogP contribution in [0, 0.1) is 11.3 Å². The largest absolute Gasteiger partial charge is 0.315 e. The van der Waals surface area contributed by atoms with Crippen LogP contribution in [0.1, 0.15) is 48.0 Å². The van der Waals surface area contributed by atoms with Crippen LogP contribution in [0.5, 0.6) is 0 Å². The van der Waals surface area contributed by atoms with E-state index in [-0.39, 0.29) is 5.41 Å². The summed E-state index contributed by atoms with van der Waals surface area (Å²) in [5, 5.41) is 2.75. The summed E-state index contributed by atoms with van der Waals surface area (Å²) in [5.74, 6) is 0.308. The lowest BCUT2D eigenvalue weighted by atomic mass is 9.82. The highest BCUT2D eigenvalue weighted by Crippen LogP contribution is 2.24. The maximum atomic E-state index is 12.0. The maximum Gasteiger partial charge on any atom is 0.215 e. The van der Waals surface area contributed by atoms with E-state index in [0.29, 0.717) is 19.0 Å². The van der Waals surface area contributed by atoms with Gasteiger partial charge in [0.1, 0.15) is 0 Å². The Labute approximate surface area is 113 Å². The molecule has 0 heterocycles. The summed E-state index contributed by atoms with van der Waals surface area (Å²) < 4.78 is 26.7. The first-order chi connectivity index (χ1) is 8.11. The summed E-state index contributed by atoms with van der Waals surface area (Å²) in [5.41, 5.74) is 0.117. The van der Waals surface area contributed by atoms with Crippen molar-refractivity contribution in [3.05, 3.63) is 0 Å². The van der Waals surface area contributed by atoms with Crippen LogP contribution in [0.4, 0.5) is 0 Å². The first-order valence-electron chi connectivity index (χ1n) is 6.80. The highest BCUT2D eigenvalue weighted by atomic mass is 32.2. The molecule has 0 fully saturated rings. The highest BCUT2D eigenvalue weighted by Gasteiger charge is 2.24. The van der Waals surface area contributed by atoms with Gasteiger partial charge in [0.25, 0.3) is 0 Å². The molecule has 0 aliphatic rings. The van der Waals surface area contributed by atoms with Gasteiger partial charge < -0.3 is 5.32 Å². The lowest BCUT2D eigenvalue weighted by Gasteiger charge is -2.27. The molecule has 0 spiro atoms. The van der Waals surface area contributed by atoms with Crippen molar-refractivity contribution < 1.29 is 8.42 Å². The van der Waals surface area contributed by atoms with Gasteiger partial charge in [-0.25, -0.2) is 13.1 Å². The highest BCUT2D eigenvalue weighted by molar-refractivity contribution is 7.90. The topological polar surface area (TPSA) is 58.2 Å². The summed E-state index contributed by atoms with van der Waals surface area (Å²) >= 11 is 0. The van der Waals surface area contributed by atoms with Gasteiger partial charge in [-0.3, -0.25) is 0 Å². The predicted octanol–water partition coefficient (Wildman–Crippen LogP) is 1.98. The van der Waals surface area contributed by atoms with Crippen LogP contribution in [0.15, 0.2) is 0 Å². The average molecular weight is 278 g/mol. The molecule has 0 aromatic heterocycles. The third kappa shape index (κ3) is 6.71. The average Bonchev–Trinajstić information content (AvgIpc) is 2.24. The molecule has 0 aromatic rings. The van der Waals surface area contributed by atoms with Crippen molar-refractivity contribution in [3.63, 3.8) is 0 Å². The fraction of sp³-hybridized carbons (Fsp3) is 1.00. The zero-order valence-corrected chi connectivity index (χ0v) is 13.5. The number of hydrogen-bond acceptors (Lipinski definition) is 3. The molecule has 0 aromatic carbocycles. The Balaban J connectivity index is 4.22. The molecular weight excluding hydrogens is 248 g/mol. The van der Waals surface area contributed by atoms with Gasteiger partial charge in [0, 0.05) is 13.1 Å². The molecule has 18 heavy (non-hydrogen) atoms. The van der Waals surface area contributed by atoms with Crippen molar-refractivity contribution in [2.24, 2.45) is 11.3 Å². The van der Waals surface area contributed by atoms with Gasteiger partial charge >= 0.3 is 0 Å². The first-order valence-corrected chi connectivity index (χ1v) is 8.35. The molecule has 0 rings (SSSR count). The van der Waals surface area contributed by atoms with Gasteiger partial charge in [-0.2, -0.15) is 0 Å². The van der Waals surface area contributed by atoms with Gasteiger partial charge in [-0.15, -0.1) is 0 Å². The Kier molecular flexibility index (Phi) is 7.40. The molecule has 0 aliphatic carbocycles. The SMILES string of the molecule is CCCNCC(C)S(=O)(=O)NCC(C)C(C)(C)C. The molecule has 0 radical (unpaired) electrons. The van der Waals surface area contributed by atoms with Crippen LogP contribution >= 0.6 is 0 Å². The van der Waals surface area contributed by atoms with E-state index in [2.05, 4.69) is 44.7 Å². The zero-order valence-electron chi connectivity index (χ0n) is 12.7. The molecule has 2 atom stereocenters. The molecule has 5 heteroatoms. The van der Waals surface area contributed by atoms with E-state index < -0.39 is 15.3 Å². The van der Waals surface area contributed by atoms with Crippen LogP contribution in [0.3, 0.4) is 0 Å². The van der Waals surface area contributed by atoms with Crippen LogP contribution in [-0.2, 0) is 10.0 Å². The van der Waals surface area contributed by atoms with E-state index in [1.807, 2.05) is 0 Å². The zero-order chi connectivity index (χ0) is 14.4. The van der Waals surface area contributed by atoms with Crippen molar-refractivity contribution in [2.45, 2.75) is 53.2 Å². The third-order valence-electron chi connectivity index (χ3n) is 3.46. The molecule has 110 valence electrons. The second-order valence-corrected chi connectivity index (χ2v) is 8.36. The minimum atomic E-state index is -3.21. The van der Waals surface area contributed by atoms with Gasteiger partial charge in [0.05, 0.1) is 5.25 Å². The molecule has 0 saturated heterocycles. The van der Waals surface area contributed by atoms with Crippen molar-refractivity contribution in [1.29, 1.82) is 0 Å².